The van der Waals surface area contributed by atoms with Crippen molar-refractivity contribution in [2.75, 3.05) is 10.6 Å². The van der Waals surface area contributed by atoms with Gasteiger partial charge in [-0.15, -0.1) is 16.4 Å². The average molecular weight is 470 g/mol. The van der Waals surface area contributed by atoms with Crippen LogP contribution >= 0.6 is 11.3 Å². The first kappa shape index (κ1) is 21.7. The summed E-state index contributed by atoms with van der Waals surface area (Å²) in [6.07, 6.45) is 0. The number of amides is 1. The number of carbonyl (C=O) groups excluding carboxylic acids is 1. The third kappa shape index (κ3) is 4.38. The van der Waals surface area contributed by atoms with E-state index in [1.165, 1.54) is 16.9 Å². The molecule has 1 amide bonds. The lowest BCUT2D eigenvalue weighted by atomic mass is 10.0. The van der Waals surface area contributed by atoms with Crippen LogP contribution in [0, 0.1) is 27.7 Å². The molecule has 3 heterocycles. The largest absolute Gasteiger partial charge is 0.324 e. The second-order valence-electron chi connectivity index (χ2n) is 8.20. The van der Waals surface area contributed by atoms with Crippen molar-refractivity contribution in [2.24, 2.45) is 0 Å². The summed E-state index contributed by atoms with van der Waals surface area (Å²) in [4.78, 5) is 26.9. The molecule has 3 aromatic heterocycles. The second-order valence-corrected chi connectivity index (χ2v) is 9.04. The van der Waals surface area contributed by atoms with Gasteiger partial charge in [-0.1, -0.05) is 29.8 Å². The Morgan fingerprint density at radius 3 is 2.47 bits per heavy atom. The van der Waals surface area contributed by atoms with Gasteiger partial charge in [0.15, 0.2) is 0 Å². The van der Waals surface area contributed by atoms with E-state index in [0.717, 1.165) is 28.2 Å². The van der Waals surface area contributed by atoms with Crippen molar-refractivity contribution < 1.29 is 4.79 Å². The van der Waals surface area contributed by atoms with Crippen LogP contribution in [0.1, 0.15) is 32.9 Å². The number of hydrogen-bond donors (Lipinski definition) is 2. The van der Waals surface area contributed by atoms with Crippen LogP contribution < -0.4 is 10.6 Å². The molecule has 0 fully saturated rings. The molecular formula is C25H23N7OS. The highest BCUT2D eigenvalue weighted by Crippen LogP contribution is 2.29. The minimum absolute atomic E-state index is 0.263. The van der Waals surface area contributed by atoms with Crippen LogP contribution in [-0.2, 0) is 0 Å². The fourth-order valence-electron chi connectivity index (χ4n) is 3.84. The highest BCUT2D eigenvalue weighted by molar-refractivity contribution is 7.15. The summed E-state index contributed by atoms with van der Waals surface area (Å²) < 4.78 is 1.77. The molecule has 0 bridgehead atoms. The van der Waals surface area contributed by atoms with E-state index in [9.17, 15) is 4.79 Å². The van der Waals surface area contributed by atoms with Gasteiger partial charge < -0.3 is 5.32 Å². The zero-order valence-corrected chi connectivity index (χ0v) is 20.1. The normalized spacial score (nSPS) is 11.1. The Balaban J connectivity index is 1.37. The van der Waals surface area contributed by atoms with Gasteiger partial charge in [-0.3, -0.25) is 10.1 Å². The number of aryl methyl sites for hydroxylation is 4. The van der Waals surface area contributed by atoms with Gasteiger partial charge >= 0.3 is 0 Å². The third-order valence-electron chi connectivity index (χ3n) is 5.33. The molecule has 0 saturated heterocycles. The lowest BCUT2D eigenvalue weighted by Gasteiger charge is -2.08. The highest BCUT2D eigenvalue weighted by atomic mass is 32.1. The molecule has 2 aromatic carbocycles. The van der Waals surface area contributed by atoms with Gasteiger partial charge in [0.1, 0.15) is 0 Å². The van der Waals surface area contributed by atoms with Crippen molar-refractivity contribution in [1.29, 1.82) is 0 Å². The molecule has 34 heavy (non-hydrogen) atoms. The van der Waals surface area contributed by atoms with Crippen LogP contribution in [-0.4, -0.2) is 30.5 Å². The summed E-state index contributed by atoms with van der Waals surface area (Å²) in [5, 5.41) is 12.5. The number of anilines is 3. The highest BCUT2D eigenvalue weighted by Gasteiger charge is 2.16. The van der Waals surface area contributed by atoms with Gasteiger partial charge in [0.05, 0.1) is 5.69 Å². The molecule has 0 spiro atoms. The number of nitrogens with one attached hydrogen (secondary N) is 2. The summed E-state index contributed by atoms with van der Waals surface area (Å²) in [7, 11) is 0. The van der Waals surface area contributed by atoms with Crippen molar-refractivity contribution in [2.45, 2.75) is 27.7 Å². The Morgan fingerprint density at radius 2 is 1.71 bits per heavy atom. The number of nitrogens with zero attached hydrogens (tertiary/aromatic N) is 5. The lowest BCUT2D eigenvalue weighted by molar-refractivity contribution is 0.102. The molecule has 0 unspecified atom stereocenters. The van der Waals surface area contributed by atoms with E-state index in [1.54, 1.807) is 22.7 Å². The number of aromatic nitrogens is 5. The topological polar surface area (TPSA) is 97.1 Å². The molecule has 5 rings (SSSR count). The Bertz CT molecular complexity index is 1520. The molecule has 0 aliphatic carbocycles. The summed E-state index contributed by atoms with van der Waals surface area (Å²) >= 11 is 1.49. The quantitative estimate of drug-likeness (QED) is 0.354. The Hall–Kier alpha value is -4.11. The fourth-order valence-corrected chi connectivity index (χ4v) is 4.67. The van der Waals surface area contributed by atoms with Crippen LogP contribution in [0.5, 0.6) is 0 Å². The maximum Gasteiger partial charge on any atom is 0.258 e. The summed E-state index contributed by atoms with van der Waals surface area (Å²) in [6, 6.07) is 15.4. The van der Waals surface area contributed by atoms with Crippen molar-refractivity contribution in [3.63, 3.8) is 0 Å². The molecule has 0 radical (unpaired) electrons. The minimum Gasteiger partial charge on any atom is -0.324 e. The first-order valence-electron chi connectivity index (χ1n) is 10.8. The van der Waals surface area contributed by atoms with Crippen molar-refractivity contribution in [3.8, 4) is 11.3 Å². The summed E-state index contributed by atoms with van der Waals surface area (Å²) in [6.45, 7) is 7.98. The first-order chi connectivity index (χ1) is 16.4. The van der Waals surface area contributed by atoms with Crippen LogP contribution in [0.4, 0.5) is 17.6 Å². The van der Waals surface area contributed by atoms with Crippen molar-refractivity contribution in [1.82, 2.24) is 24.6 Å². The SMILES string of the molecule is Cc1ccc(-c2csc3nc(NC(=O)c4cccc(Nc5nc(C)cc(C)n5)c4)nn23)c(C)c1. The summed E-state index contributed by atoms with van der Waals surface area (Å²) in [5.41, 5.74) is 7.34. The van der Waals surface area contributed by atoms with E-state index >= 15 is 0 Å². The molecular weight excluding hydrogens is 446 g/mol. The smallest absolute Gasteiger partial charge is 0.258 e. The Kier molecular flexibility index (Phi) is 5.54. The van der Waals surface area contributed by atoms with Gasteiger partial charge in [-0.25, -0.2) is 14.5 Å². The van der Waals surface area contributed by atoms with Gasteiger partial charge in [0.25, 0.3) is 11.9 Å². The van der Waals surface area contributed by atoms with Gasteiger partial charge in [-0.05, 0) is 57.5 Å². The molecule has 0 atom stereocenters. The molecule has 0 aliphatic heterocycles. The number of thiazole rings is 1. The van der Waals surface area contributed by atoms with Crippen LogP contribution in [0.2, 0.25) is 0 Å². The van der Waals surface area contributed by atoms with Crippen LogP contribution in [0.15, 0.2) is 53.9 Å². The Labute approximate surface area is 200 Å². The number of rotatable bonds is 5. The van der Waals surface area contributed by atoms with E-state index in [-0.39, 0.29) is 11.9 Å². The molecule has 0 aliphatic rings. The Morgan fingerprint density at radius 1 is 0.912 bits per heavy atom. The van der Waals surface area contributed by atoms with Gasteiger partial charge in [0, 0.05) is 33.6 Å². The van der Waals surface area contributed by atoms with E-state index in [2.05, 4.69) is 62.7 Å². The third-order valence-corrected chi connectivity index (χ3v) is 6.14. The van der Waals surface area contributed by atoms with E-state index in [1.807, 2.05) is 31.4 Å². The maximum atomic E-state index is 12.9. The van der Waals surface area contributed by atoms with Crippen LogP contribution in [0.3, 0.4) is 0 Å². The molecule has 9 heteroatoms. The first-order valence-corrected chi connectivity index (χ1v) is 11.7. The average Bonchev–Trinajstić information content (AvgIpc) is 3.34. The number of carbonyl (C=O) groups is 1. The van der Waals surface area contributed by atoms with Gasteiger partial charge in [-0.2, -0.15) is 4.98 Å². The molecule has 2 N–H and O–H groups in total. The number of hydrogen-bond acceptors (Lipinski definition) is 7. The maximum absolute atomic E-state index is 12.9. The van der Waals surface area contributed by atoms with E-state index < -0.39 is 0 Å². The molecule has 8 nitrogen and oxygen atoms in total. The molecule has 5 aromatic rings. The van der Waals surface area contributed by atoms with Gasteiger partial charge in [0.2, 0.25) is 10.9 Å². The number of fused-ring (bicyclic) bond motifs is 1. The monoisotopic (exact) mass is 469 g/mol. The fraction of sp³-hybridized carbons (Fsp3) is 0.160. The zero-order valence-electron chi connectivity index (χ0n) is 19.2. The number of benzene rings is 2. The van der Waals surface area contributed by atoms with E-state index in [4.69, 9.17) is 0 Å². The van der Waals surface area contributed by atoms with Crippen LogP contribution in [0.25, 0.3) is 16.2 Å². The molecule has 0 saturated carbocycles. The predicted octanol–water partition coefficient (Wildman–Crippen LogP) is 5.48. The van der Waals surface area contributed by atoms with E-state index in [0.29, 0.717) is 22.2 Å². The molecule has 170 valence electrons. The lowest BCUT2D eigenvalue weighted by Crippen LogP contribution is -2.13. The summed E-state index contributed by atoms with van der Waals surface area (Å²) in [5.74, 6) is 0.458. The second kappa shape index (κ2) is 8.68. The predicted molar refractivity (Wildman–Crippen MR) is 135 cm³/mol. The minimum atomic E-state index is -0.295. The standard InChI is InChI=1S/C25H23N7OS/c1-14-8-9-20(15(2)10-14)21-13-34-25-30-24(31-32(21)25)29-22(33)18-6-5-7-19(12-18)28-23-26-16(3)11-17(4)27-23/h5-13H,1-4H3,(H,26,27,28)(H,29,31,33). The van der Waals surface area contributed by atoms with Crippen molar-refractivity contribution in [3.05, 3.63) is 82.0 Å². The zero-order chi connectivity index (χ0) is 23.8. The van der Waals surface area contributed by atoms with Crippen molar-refractivity contribution >= 4 is 39.8 Å².